The fourth-order valence-electron chi connectivity index (χ4n) is 3.86. The lowest BCUT2D eigenvalue weighted by atomic mass is 10.2. The van der Waals surface area contributed by atoms with Crippen LogP contribution in [0.25, 0.3) is 5.82 Å². The molecule has 0 N–H and O–H groups in total. The van der Waals surface area contributed by atoms with Gasteiger partial charge in [0.25, 0.3) is 0 Å². The van der Waals surface area contributed by atoms with E-state index in [1.54, 1.807) is 24.7 Å². The second-order valence-electron chi connectivity index (χ2n) is 8.08. The Morgan fingerprint density at radius 2 is 2.03 bits per heavy atom. The highest BCUT2D eigenvalue weighted by atomic mass is 19.4. The molecule has 1 aliphatic rings. The van der Waals surface area contributed by atoms with Gasteiger partial charge in [-0.1, -0.05) is 0 Å². The van der Waals surface area contributed by atoms with E-state index in [4.69, 9.17) is 9.47 Å². The molecular formula is C22H26F3N5O3. The molecular weight excluding hydrogens is 439 g/mol. The fraction of sp³-hybridized carbons (Fsp3) is 0.500. The summed E-state index contributed by atoms with van der Waals surface area (Å²) in [6.45, 7) is 7.03. The van der Waals surface area contributed by atoms with E-state index in [1.165, 1.54) is 9.13 Å². The molecule has 4 heterocycles. The summed E-state index contributed by atoms with van der Waals surface area (Å²) in [7, 11) is 0. The van der Waals surface area contributed by atoms with E-state index < -0.39 is 17.4 Å². The van der Waals surface area contributed by atoms with Crippen LogP contribution in [-0.4, -0.2) is 43.2 Å². The summed E-state index contributed by atoms with van der Waals surface area (Å²) in [6, 6.07) is 1.72. The summed E-state index contributed by atoms with van der Waals surface area (Å²) >= 11 is 0. The van der Waals surface area contributed by atoms with Gasteiger partial charge < -0.3 is 9.47 Å². The van der Waals surface area contributed by atoms with Crippen LogP contribution in [0, 0.1) is 13.8 Å². The Balaban J connectivity index is 1.72. The molecule has 0 saturated carbocycles. The molecule has 8 nitrogen and oxygen atoms in total. The minimum Gasteiger partial charge on any atom is -0.475 e. The van der Waals surface area contributed by atoms with Gasteiger partial charge in [0.2, 0.25) is 5.88 Å². The smallest absolute Gasteiger partial charge is 0.416 e. The number of rotatable bonds is 7. The molecule has 1 saturated heterocycles. The first-order valence-corrected chi connectivity index (χ1v) is 10.8. The van der Waals surface area contributed by atoms with Gasteiger partial charge in [0.05, 0.1) is 24.4 Å². The quantitative estimate of drug-likeness (QED) is 0.534. The van der Waals surface area contributed by atoms with Crippen molar-refractivity contribution in [3.63, 3.8) is 0 Å². The van der Waals surface area contributed by atoms with E-state index in [0.29, 0.717) is 24.5 Å². The van der Waals surface area contributed by atoms with Gasteiger partial charge in [-0.05, 0) is 39.7 Å². The van der Waals surface area contributed by atoms with Gasteiger partial charge in [-0.15, -0.1) is 0 Å². The number of ether oxygens (including phenoxy) is 2. The SMILES string of the molecule is CCn1cc(Cn2c(C)c(C)n(-c3cc(C(F)(F)F)cc(OC[C@H]4CCCO4)n3)c2=O)cn1. The highest BCUT2D eigenvalue weighted by Crippen LogP contribution is 2.32. The molecule has 1 aliphatic heterocycles. The van der Waals surface area contributed by atoms with E-state index >= 15 is 0 Å². The van der Waals surface area contributed by atoms with Crippen LogP contribution < -0.4 is 10.4 Å². The Morgan fingerprint density at radius 1 is 1.24 bits per heavy atom. The van der Waals surface area contributed by atoms with Gasteiger partial charge in [-0.2, -0.15) is 23.3 Å². The minimum absolute atomic E-state index is 0.100. The van der Waals surface area contributed by atoms with Gasteiger partial charge in [0, 0.05) is 42.4 Å². The van der Waals surface area contributed by atoms with Crippen LogP contribution >= 0.6 is 0 Å². The van der Waals surface area contributed by atoms with Crippen molar-refractivity contribution in [2.24, 2.45) is 0 Å². The zero-order valence-electron chi connectivity index (χ0n) is 18.7. The molecule has 0 bridgehead atoms. The number of alkyl halides is 3. The van der Waals surface area contributed by atoms with Crippen LogP contribution in [0.1, 0.15) is 42.3 Å². The normalized spacial score (nSPS) is 16.5. The molecule has 1 fully saturated rings. The Kier molecular flexibility index (Phi) is 6.33. The van der Waals surface area contributed by atoms with Crippen molar-refractivity contribution in [1.29, 1.82) is 0 Å². The lowest BCUT2D eigenvalue weighted by Gasteiger charge is -2.15. The number of hydrogen-bond acceptors (Lipinski definition) is 5. The predicted molar refractivity (Wildman–Crippen MR) is 114 cm³/mol. The molecule has 11 heteroatoms. The molecule has 4 rings (SSSR count). The lowest BCUT2D eigenvalue weighted by molar-refractivity contribution is -0.137. The zero-order valence-corrected chi connectivity index (χ0v) is 18.7. The molecule has 0 spiro atoms. The van der Waals surface area contributed by atoms with E-state index in [9.17, 15) is 18.0 Å². The van der Waals surface area contributed by atoms with Gasteiger partial charge in [0.1, 0.15) is 12.4 Å². The number of halogens is 3. The highest BCUT2D eigenvalue weighted by Gasteiger charge is 2.33. The second kappa shape index (κ2) is 9.05. The maximum absolute atomic E-state index is 13.6. The molecule has 0 unspecified atom stereocenters. The third-order valence-corrected chi connectivity index (χ3v) is 5.82. The van der Waals surface area contributed by atoms with Gasteiger partial charge in [-0.3, -0.25) is 9.25 Å². The fourth-order valence-corrected chi connectivity index (χ4v) is 3.86. The van der Waals surface area contributed by atoms with Gasteiger partial charge in [0.15, 0.2) is 0 Å². The van der Waals surface area contributed by atoms with Crippen molar-refractivity contribution in [1.82, 2.24) is 23.9 Å². The molecule has 178 valence electrons. The van der Waals surface area contributed by atoms with Crippen LogP contribution in [0.15, 0.2) is 29.3 Å². The Bertz CT molecular complexity index is 1190. The van der Waals surface area contributed by atoms with Gasteiger partial charge in [-0.25, -0.2) is 9.36 Å². The Labute approximate surface area is 188 Å². The average molecular weight is 465 g/mol. The highest BCUT2D eigenvalue weighted by molar-refractivity contribution is 5.37. The molecule has 0 radical (unpaired) electrons. The summed E-state index contributed by atoms with van der Waals surface area (Å²) in [5.74, 6) is -0.336. The van der Waals surface area contributed by atoms with E-state index in [0.717, 1.165) is 30.5 Å². The zero-order chi connectivity index (χ0) is 23.8. The molecule has 1 atom stereocenters. The van der Waals surface area contributed by atoms with Crippen LogP contribution in [0.5, 0.6) is 5.88 Å². The van der Waals surface area contributed by atoms with Crippen molar-refractivity contribution in [2.45, 2.75) is 59.0 Å². The number of hydrogen-bond donors (Lipinski definition) is 0. The summed E-state index contributed by atoms with van der Waals surface area (Å²) in [4.78, 5) is 17.5. The van der Waals surface area contributed by atoms with Crippen molar-refractivity contribution in [3.05, 3.63) is 57.5 Å². The number of imidazole rings is 1. The molecule has 3 aromatic rings. The maximum Gasteiger partial charge on any atom is 0.416 e. The van der Waals surface area contributed by atoms with Crippen molar-refractivity contribution in [2.75, 3.05) is 13.2 Å². The molecule has 0 aromatic carbocycles. The number of nitrogens with zero attached hydrogens (tertiary/aromatic N) is 5. The van der Waals surface area contributed by atoms with Crippen molar-refractivity contribution in [3.8, 4) is 11.7 Å². The molecule has 0 amide bonds. The van der Waals surface area contributed by atoms with Gasteiger partial charge >= 0.3 is 11.9 Å². The summed E-state index contributed by atoms with van der Waals surface area (Å²) in [5, 5.41) is 4.21. The number of aryl methyl sites for hydroxylation is 1. The first-order chi connectivity index (χ1) is 15.7. The summed E-state index contributed by atoms with van der Waals surface area (Å²) in [5.41, 5.74) is 0.531. The van der Waals surface area contributed by atoms with Crippen LogP contribution in [0.2, 0.25) is 0 Å². The largest absolute Gasteiger partial charge is 0.475 e. The minimum atomic E-state index is -4.62. The number of pyridine rings is 1. The standard InChI is InChI=1S/C22H26F3N5O3/c1-4-28-11-16(10-26-28)12-29-14(2)15(3)30(21(29)31)19-8-17(22(23,24)25)9-20(27-19)33-13-18-6-5-7-32-18/h8-11,18H,4-7,12-13H2,1-3H3/t18-/m1/s1. The number of aromatic nitrogens is 5. The van der Waals surface area contributed by atoms with Crippen molar-refractivity contribution < 1.29 is 22.6 Å². The second-order valence-corrected chi connectivity index (χ2v) is 8.08. The molecule has 33 heavy (non-hydrogen) atoms. The van der Waals surface area contributed by atoms with Crippen LogP contribution in [-0.2, 0) is 24.0 Å². The summed E-state index contributed by atoms with van der Waals surface area (Å²) < 4.78 is 56.3. The van der Waals surface area contributed by atoms with Crippen molar-refractivity contribution >= 4 is 0 Å². The topological polar surface area (TPSA) is 76.1 Å². The Hall–Kier alpha value is -3.08. The monoisotopic (exact) mass is 465 g/mol. The molecule has 0 aliphatic carbocycles. The third-order valence-electron chi connectivity index (χ3n) is 5.82. The average Bonchev–Trinajstić information content (AvgIpc) is 3.50. The van der Waals surface area contributed by atoms with Crippen LogP contribution in [0.4, 0.5) is 13.2 Å². The van der Waals surface area contributed by atoms with E-state index in [-0.39, 0.29) is 31.0 Å². The Morgan fingerprint density at radius 3 is 2.67 bits per heavy atom. The predicted octanol–water partition coefficient (Wildman–Crippen LogP) is 3.49. The van der Waals surface area contributed by atoms with E-state index in [2.05, 4.69) is 10.1 Å². The maximum atomic E-state index is 13.6. The van der Waals surface area contributed by atoms with Crippen LogP contribution in [0.3, 0.4) is 0 Å². The third kappa shape index (κ3) is 4.82. The first-order valence-electron chi connectivity index (χ1n) is 10.8. The lowest BCUT2D eigenvalue weighted by Crippen LogP contribution is -2.26. The first kappa shape index (κ1) is 23.1. The van der Waals surface area contributed by atoms with E-state index in [1.807, 2.05) is 13.1 Å². The summed E-state index contributed by atoms with van der Waals surface area (Å²) in [6.07, 6.45) is 0.361. The molecule has 3 aromatic heterocycles.